The van der Waals surface area contributed by atoms with Crippen molar-refractivity contribution in [1.29, 1.82) is 0 Å². The molecule has 2 heterocycles. The van der Waals surface area contributed by atoms with Gasteiger partial charge in [0.25, 0.3) is 0 Å². The van der Waals surface area contributed by atoms with E-state index in [1.54, 1.807) is 19.1 Å². The van der Waals surface area contributed by atoms with Gasteiger partial charge < -0.3 is 8.71 Å². The molecule has 114 valence electrons. The minimum absolute atomic E-state index is 0.0513. The Balaban J connectivity index is 1.82. The molecule has 0 saturated heterocycles. The van der Waals surface area contributed by atoms with E-state index in [1.807, 2.05) is 0 Å². The molecule has 0 bridgehead atoms. The highest BCUT2D eigenvalue weighted by atomic mass is 35.5. The molecule has 0 fully saturated rings. The van der Waals surface area contributed by atoms with Crippen molar-refractivity contribution in [3.05, 3.63) is 46.6 Å². The Morgan fingerprint density at radius 1 is 1.18 bits per heavy atom. The molecule has 22 heavy (non-hydrogen) atoms. The van der Waals surface area contributed by atoms with E-state index in [1.165, 1.54) is 24.3 Å². The summed E-state index contributed by atoms with van der Waals surface area (Å²) in [5.41, 5.74) is 0.695. The van der Waals surface area contributed by atoms with Gasteiger partial charge in [-0.3, -0.25) is 0 Å². The highest BCUT2D eigenvalue weighted by molar-refractivity contribution is 7.89. The molecule has 9 heteroatoms. The lowest BCUT2D eigenvalue weighted by Gasteiger charge is -2.05. The van der Waals surface area contributed by atoms with Gasteiger partial charge >= 0.3 is 10.1 Å². The molecule has 0 aliphatic heterocycles. The molecule has 3 aromatic rings. The first-order chi connectivity index (χ1) is 10.4. The number of halogens is 1. The van der Waals surface area contributed by atoms with Gasteiger partial charge in [0.1, 0.15) is 5.75 Å². The van der Waals surface area contributed by atoms with E-state index in [-0.39, 0.29) is 9.96 Å². The van der Waals surface area contributed by atoms with Crippen LogP contribution in [0.2, 0.25) is 4.34 Å². The second-order valence-corrected chi connectivity index (χ2v) is 7.75. The Bertz CT molecular complexity index is 900. The maximum Gasteiger partial charge on any atom is 0.348 e. The van der Waals surface area contributed by atoms with Crippen LogP contribution in [0.5, 0.6) is 5.75 Å². The molecule has 1 aromatic carbocycles. The van der Waals surface area contributed by atoms with Gasteiger partial charge in [0.05, 0.1) is 4.34 Å². The van der Waals surface area contributed by atoms with Crippen molar-refractivity contribution in [2.45, 2.75) is 11.1 Å². The summed E-state index contributed by atoms with van der Waals surface area (Å²) in [6.07, 6.45) is 0. The fourth-order valence-corrected chi connectivity index (χ4v) is 4.05. The predicted octanol–water partition coefficient (Wildman–Crippen LogP) is 3.53. The van der Waals surface area contributed by atoms with Gasteiger partial charge in [-0.15, -0.1) is 11.3 Å². The Kier molecular flexibility index (Phi) is 3.90. The fourth-order valence-electron chi connectivity index (χ4n) is 1.68. The molecule has 0 radical (unpaired) electrons. The molecule has 0 aliphatic rings. The third-order valence-electron chi connectivity index (χ3n) is 2.64. The first kappa shape index (κ1) is 15.0. The van der Waals surface area contributed by atoms with Crippen molar-refractivity contribution in [2.24, 2.45) is 0 Å². The lowest BCUT2D eigenvalue weighted by molar-refractivity contribution is 0.394. The quantitative estimate of drug-likeness (QED) is 0.665. The molecule has 2 aromatic heterocycles. The molecule has 6 nitrogen and oxygen atoms in total. The number of aryl methyl sites for hydroxylation is 1. The summed E-state index contributed by atoms with van der Waals surface area (Å²) in [6.45, 7) is 1.69. The van der Waals surface area contributed by atoms with Crippen LogP contribution >= 0.6 is 22.9 Å². The van der Waals surface area contributed by atoms with E-state index in [4.69, 9.17) is 20.3 Å². The summed E-state index contributed by atoms with van der Waals surface area (Å²) in [5.74, 6) is 1.07. The standard InChI is InChI=1S/C13H9ClN2O4S2/c1-8-15-13(16-19-8)9-2-4-10(5-3-9)20-22(17,18)12-7-6-11(14)21-12/h2-7H,1H3. The van der Waals surface area contributed by atoms with Crippen molar-refractivity contribution in [3.8, 4) is 17.1 Å². The highest BCUT2D eigenvalue weighted by Crippen LogP contribution is 2.28. The number of hydrogen-bond donors (Lipinski definition) is 0. The topological polar surface area (TPSA) is 82.3 Å². The third-order valence-corrected chi connectivity index (χ3v) is 5.57. The lowest BCUT2D eigenvalue weighted by atomic mass is 10.2. The van der Waals surface area contributed by atoms with Gasteiger partial charge in [-0.1, -0.05) is 16.8 Å². The third kappa shape index (κ3) is 3.13. The zero-order valence-corrected chi connectivity index (χ0v) is 13.6. The molecule has 0 aliphatic carbocycles. The van der Waals surface area contributed by atoms with Crippen LogP contribution in [-0.4, -0.2) is 18.6 Å². The monoisotopic (exact) mass is 356 g/mol. The molecule has 0 N–H and O–H groups in total. The Labute approximate surface area is 135 Å². The number of benzene rings is 1. The first-order valence-corrected chi connectivity index (χ1v) is 8.65. The first-order valence-electron chi connectivity index (χ1n) is 6.05. The molecule has 0 amide bonds. The van der Waals surface area contributed by atoms with E-state index in [2.05, 4.69) is 10.1 Å². The summed E-state index contributed by atoms with van der Waals surface area (Å²) in [7, 11) is -3.88. The van der Waals surface area contributed by atoms with Gasteiger partial charge in [0.2, 0.25) is 11.7 Å². The van der Waals surface area contributed by atoms with E-state index in [0.29, 0.717) is 21.6 Å². The molecular weight excluding hydrogens is 348 g/mol. The summed E-state index contributed by atoms with van der Waals surface area (Å²) < 4.78 is 34.5. The van der Waals surface area contributed by atoms with Crippen LogP contribution in [0.4, 0.5) is 0 Å². The second-order valence-electron chi connectivity index (χ2n) is 4.26. The number of nitrogens with zero attached hydrogens (tertiary/aromatic N) is 2. The summed E-state index contributed by atoms with van der Waals surface area (Å²) >= 11 is 6.67. The molecule has 0 saturated carbocycles. The van der Waals surface area contributed by atoms with Gasteiger partial charge in [-0.05, 0) is 36.4 Å². The maximum absolute atomic E-state index is 12.1. The van der Waals surface area contributed by atoms with Crippen molar-refractivity contribution in [3.63, 3.8) is 0 Å². The Morgan fingerprint density at radius 2 is 1.91 bits per heavy atom. The van der Waals surface area contributed by atoms with E-state index >= 15 is 0 Å². The van der Waals surface area contributed by atoms with Crippen molar-refractivity contribution in [1.82, 2.24) is 10.1 Å². The zero-order chi connectivity index (χ0) is 15.7. The number of rotatable bonds is 4. The van der Waals surface area contributed by atoms with Crippen molar-refractivity contribution >= 4 is 33.1 Å². The van der Waals surface area contributed by atoms with Crippen molar-refractivity contribution in [2.75, 3.05) is 0 Å². The van der Waals surface area contributed by atoms with Crippen LogP contribution in [0.25, 0.3) is 11.4 Å². The summed E-state index contributed by atoms with van der Waals surface area (Å²) in [5, 5.41) is 3.78. The smallest absolute Gasteiger partial charge is 0.348 e. The normalized spacial score (nSPS) is 11.5. The lowest BCUT2D eigenvalue weighted by Crippen LogP contribution is -2.07. The fraction of sp³-hybridized carbons (Fsp3) is 0.0769. The Morgan fingerprint density at radius 3 is 2.45 bits per heavy atom. The average molecular weight is 357 g/mol. The van der Waals surface area contributed by atoms with Crippen LogP contribution in [0.3, 0.4) is 0 Å². The molecular formula is C13H9ClN2O4S2. The minimum Gasteiger partial charge on any atom is -0.378 e. The summed E-state index contributed by atoms with van der Waals surface area (Å²) in [4.78, 5) is 4.09. The minimum atomic E-state index is -3.88. The van der Waals surface area contributed by atoms with Crippen molar-refractivity contribution < 1.29 is 17.1 Å². The second kappa shape index (κ2) is 5.71. The highest BCUT2D eigenvalue weighted by Gasteiger charge is 2.19. The van der Waals surface area contributed by atoms with E-state index < -0.39 is 10.1 Å². The average Bonchev–Trinajstić information content (AvgIpc) is 3.08. The molecule has 0 spiro atoms. The largest absolute Gasteiger partial charge is 0.378 e. The van der Waals surface area contributed by atoms with Crippen LogP contribution in [-0.2, 0) is 10.1 Å². The van der Waals surface area contributed by atoms with Gasteiger partial charge in [0.15, 0.2) is 4.21 Å². The van der Waals surface area contributed by atoms with Crippen LogP contribution in [0, 0.1) is 6.92 Å². The number of aromatic nitrogens is 2. The number of thiophene rings is 1. The van der Waals surface area contributed by atoms with Crippen LogP contribution in [0.15, 0.2) is 45.1 Å². The Hall–Kier alpha value is -1.90. The van der Waals surface area contributed by atoms with Crippen LogP contribution in [0.1, 0.15) is 5.89 Å². The molecule has 0 unspecified atom stereocenters. The van der Waals surface area contributed by atoms with E-state index in [0.717, 1.165) is 11.3 Å². The van der Waals surface area contributed by atoms with Gasteiger partial charge in [-0.25, -0.2) is 0 Å². The van der Waals surface area contributed by atoms with E-state index in [9.17, 15) is 8.42 Å². The number of hydrogen-bond acceptors (Lipinski definition) is 7. The molecule has 3 rings (SSSR count). The SMILES string of the molecule is Cc1nc(-c2ccc(OS(=O)(=O)c3ccc(Cl)s3)cc2)no1. The zero-order valence-electron chi connectivity index (χ0n) is 11.2. The summed E-state index contributed by atoms with van der Waals surface area (Å²) in [6, 6.07) is 9.25. The van der Waals surface area contributed by atoms with Gasteiger partial charge in [0, 0.05) is 12.5 Å². The predicted molar refractivity (Wildman–Crippen MR) is 81.6 cm³/mol. The molecule has 0 atom stereocenters. The maximum atomic E-state index is 12.1. The van der Waals surface area contributed by atoms with Gasteiger partial charge in [-0.2, -0.15) is 13.4 Å². The van der Waals surface area contributed by atoms with Crippen LogP contribution < -0.4 is 4.18 Å².